The van der Waals surface area contributed by atoms with Crippen LogP contribution in [0.1, 0.15) is 13.8 Å². The molecule has 0 atom stereocenters. The van der Waals surface area contributed by atoms with Gasteiger partial charge in [0.1, 0.15) is 4.90 Å². The first-order valence-corrected chi connectivity index (χ1v) is 6.53. The van der Waals surface area contributed by atoms with Crippen molar-refractivity contribution in [3.63, 3.8) is 0 Å². The van der Waals surface area contributed by atoms with Gasteiger partial charge in [0.2, 0.25) is 0 Å². The minimum Gasteiger partial charge on any atom is -0.488 e. The molecule has 0 aromatic heterocycles. The van der Waals surface area contributed by atoms with Crippen LogP contribution in [0.5, 0.6) is 5.75 Å². The highest BCUT2D eigenvalue weighted by atomic mass is 35.7. The van der Waals surface area contributed by atoms with Crippen LogP contribution in [-0.4, -0.2) is 14.5 Å². The molecule has 0 spiro atoms. The van der Waals surface area contributed by atoms with Gasteiger partial charge in [0.25, 0.3) is 9.05 Å². The highest BCUT2D eigenvalue weighted by molar-refractivity contribution is 8.13. The van der Waals surface area contributed by atoms with Crippen molar-refractivity contribution in [2.24, 2.45) is 0 Å². The van der Waals surface area contributed by atoms with E-state index < -0.39 is 19.8 Å². The molecule has 0 saturated carbocycles. The summed E-state index contributed by atoms with van der Waals surface area (Å²) in [6.07, 6.45) is -0.243. The zero-order valence-corrected chi connectivity index (χ0v) is 9.77. The van der Waals surface area contributed by atoms with Gasteiger partial charge in [-0.1, -0.05) is 6.07 Å². The molecular formula is C9H10ClFO3S. The van der Waals surface area contributed by atoms with E-state index in [1.807, 2.05) is 0 Å². The normalized spacial score (nSPS) is 11.8. The van der Waals surface area contributed by atoms with Crippen LogP contribution in [-0.2, 0) is 9.05 Å². The lowest BCUT2D eigenvalue weighted by atomic mass is 10.3. The van der Waals surface area contributed by atoms with Crippen LogP contribution in [0.15, 0.2) is 23.1 Å². The summed E-state index contributed by atoms with van der Waals surface area (Å²) in [5, 5.41) is 0. The third-order valence-corrected chi connectivity index (χ3v) is 2.89. The molecule has 0 aliphatic heterocycles. The second-order valence-corrected chi connectivity index (χ2v) is 5.71. The summed E-state index contributed by atoms with van der Waals surface area (Å²) in [5.74, 6) is -1.08. The van der Waals surface area contributed by atoms with Gasteiger partial charge in [-0.25, -0.2) is 12.8 Å². The molecule has 0 heterocycles. The summed E-state index contributed by atoms with van der Waals surface area (Å²) >= 11 is 0. The topological polar surface area (TPSA) is 43.4 Å². The van der Waals surface area contributed by atoms with Crippen LogP contribution in [0.25, 0.3) is 0 Å². The maximum atomic E-state index is 13.5. The summed E-state index contributed by atoms with van der Waals surface area (Å²) in [4.78, 5) is -0.567. The Morgan fingerprint density at radius 1 is 1.40 bits per heavy atom. The molecule has 0 radical (unpaired) electrons. The molecule has 0 N–H and O–H groups in total. The third-order valence-electron chi connectivity index (χ3n) is 1.55. The lowest BCUT2D eigenvalue weighted by molar-refractivity contribution is 0.229. The number of hydrogen-bond donors (Lipinski definition) is 0. The summed E-state index contributed by atoms with van der Waals surface area (Å²) < 4.78 is 40.5. The van der Waals surface area contributed by atoms with Crippen LogP contribution in [0.2, 0.25) is 0 Å². The van der Waals surface area contributed by atoms with Crippen molar-refractivity contribution in [1.82, 2.24) is 0 Å². The number of hydrogen-bond acceptors (Lipinski definition) is 3. The van der Waals surface area contributed by atoms with Crippen LogP contribution >= 0.6 is 10.7 Å². The standard InChI is InChI=1S/C9H10ClFO3S/c1-6(2)14-7-4-3-5-8(9(7)11)15(10,12)13/h3-6H,1-2H3. The van der Waals surface area contributed by atoms with E-state index in [1.54, 1.807) is 13.8 Å². The Kier molecular flexibility index (Phi) is 3.57. The van der Waals surface area contributed by atoms with Crippen molar-refractivity contribution in [1.29, 1.82) is 0 Å². The molecule has 0 amide bonds. The van der Waals surface area contributed by atoms with Crippen LogP contribution < -0.4 is 4.74 Å². The monoisotopic (exact) mass is 252 g/mol. The zero-order valence-electron chi connectivity index (χ0n) is 8.20. The summed E-state index contributed by atoms with van der Waals surface area (Å²) in [6, 6.07) is 3.81. The fourth-order valence-corrected chi connectivity index (χ4v) is 1.94. The molecular weight excluding hydrogens is 243 g/mol. The zero-order chi connectivity index (χ0) is 11.6. The van der Waals surface area contributed by atoms with Gasteiger partial charge in [-0.2, -0.15) is 0 Å². The number of rotatable bonds is 3. The predicted molar refractivity (Wildman–Crippen MR) is 55.2 cm³/mol. The van der Waals surface area contributed by atoms with E-state index in [4.69, 9.17) is 15.4 Å². The van der Waals surface area contributed by atoms with Gasteiger partial charge in [-0.15, -0.1) is 0 Å². The van der Waals surface area contributed by atoms with Crippen LogP contribution in [0.3, 0.4) is 0 Å². The smallest absolute Gasteiger partial charge is 0.264 e. The Morgan fingerprint density at radius 2 is 2.00 bits per heavy atom. The quantitative estimate of drug-likeness (QED) is 0.777. The van der Waals surface area contributed by atoms with E-state index in [0.717, 1.165) is 6.07 Å². The Morgan fingerprint density at radius 3 is 2.47 bits per heavy atom. The van der Waals surface area contributed by atoms with E-state index in [1.165, 1.54) is 12.1 Å². The fraction of sp³-hybridized carbons (Fsp3) is 0.333. The van der Waals surface area contributed by atoms with E-state index in [9.17, 15) is 12.8 Å². The van der Waals surface area contributed by atoms with Crippen molar-refractivity contribution in [3.05, 3.63) is 24.0 Å². The van der Waals surface area contributed by atoms with Crippen molar-refractivity contribution in [3.8, 4) is 5.75 Å². The minimum absolute atomic E-state index is 0.119. The number of halogens is 2. The first-order valence-electron chi connectivity index (χ1n) is 4.22. The van der Waals surface area contributed by atoms with Gasteiger partial charge in [0.05, 0.1) is 6.10 Å². The molecule has 3 nitrogen and oxygen atoms in total. The van der Waals surface area contributed by atoms with Gasteiger partial charge in [-0.05, 0) is 26.0 Å². The lowest BCUT2D eigenvalue weighted by Gasteiger charge is -2.11. The molecule has 0 aliphatic rings. The molecule has 6 heteroatoms. The summed E-state index contributed by atoms with van der Waals surface area (Å²) in [5.41, 5.74) is 0. The maximum absolute atomic E-state index is 13.5. The second-order valence-electron chi connectivity index (χ2n) is 3.17. The molecule has 1 aromatic carbocycles. The minimum atomic E-state index is -4.07. The van der Waals surface area contributed by atoms with Gasteiger partial charge >= 0.3 is 0 Å². The Labute approximate surface area is 92.2 Å². The first-order chi connectivity index (χ1) is 6.82. The molecule has 1 aromatic rings. The predicted octanol–water partition coefficient (Wildman–Crippen LogP) is 2.54. The number of benzene rings is 1. The molecule has 15 heavy (non-hydrogen) atoms. The van der Waals surface area contributed by atoms with Gasteiger partial charge < -0.3 is 4.74 Å². The van der Waals surface area contributed by atoms with Crippen molar-refractivity contribution < 1.29 is 17.5 Å². The van der Waals surface area contributed by atoms with Crippen molar-refractivity contribution in [2.75, 3.05) is 0 Å². The molecule has 0 fully saturated rings. The SMILES string of the molecule is CC(C)Oc1cccc(S(=O)(=O)Cl)c1F. The highest BCUT2D eigenvalue weighted by Crippen LogP contribution is 2.26. The average Bonchev–Trinajstić information content (AvgIpc) is 2.05. The highest BCUT2D eigenvalue weighted by Gasteiger charge is 2.19. The molecule has 0 saturated heterocycles. The van der Waals surface area contributed by atoms with E-state index in [-0.39, 0.29) is 11.9 Å². The van der Waals surface area contributed by atoms with Crippen LogP contribution in [0.4, 0.5) is 4.39 Å². The van der Waals surface area contributed by atoms with E-state index >= 15 is 0 Å². The van der Waals surface area contributed by atoms with Gasteiger partial charge in [0.15, 0.2) is 11.6 Å². The molecule has 1 rings (SSSR count). The Hall–Kier alpha value is -0.810. The summed E-state index contributed by atoms with van der Waals surface area (Å²) in [6.45, 7) is 3.42. The molecule has 0 unspecified atom stereocenters. The molecule has 0 aliphatic carbocycles. The maximum Gasteiger partial charge on any atom is 0.264 e. The van der Waals surface area contributed by atoms with Crippen LogP contribution in [0, 0.1) is 5.82 Å². The van der Waals surface area contributed by atoms with Crippen molar-refractivity contribution in [2.45, 2.75) is 24.8 Å². The first kappa shape index (κ1) is 12.3. The lowest BCUT2D eigenvalue weighted by Crippen LogP contribution is -2.08. The number of ether oxygens (including phenoxy) is 1. The largest absolute Gasteiger partial charge is 0.488 e. The third kappa shape index (κ3) is 3.07. The molecule has 0 bridgehead atoms. The van der Waals surface area contributed by atoms with Gasteiger partial charge in [0, 0.05) is 10.7 Å². The van der Waals surface area contributed by atoms with E-state index in [2.05, 4.69) is 0 Å². The van der Waals surface area contributed by atoms with Gasteiger partial charge in [-0.3, -0.25) is 0 Å². The summed E-state index contributed by atoms with van der Waals surface area (Å²) in [7, 11) is 0.974. The Bertz CT molecular complexity index is 456. The second kappa shape index (κ2) is 4.37. The Balaban J connectivity index is 3.24. The molecule has 84 valence electrons. The fourth-order valence-electron chi connectivity index (χ4n) is 1.02. The average molecular weight is 253 g/mol. The van der Waals surface area contributed by atoms with E-state index in [0.29, 0.717) is 0 Å². The van der Waals surface area contributed by atoms with Crippen molar-refractivity contribution >= 4 is 19.7 Å².